The van der Waals surface area contributed by atoms with E-state index in [1.807, 2.05) is 7.05 Å². The first-order chi connectivity index (χ1) is 9.45. The zero-order valence-corrected chi connectivity index (χ0v) is 11.1. The summed E-state index contributed by atoms with van der Waals surface area (Å²) in [6.07, 6.45) is -3.43. The molecule has 1 saturated heterocycles. The topological polar surface area (TPSA) is 27.6 Å². The third-order valence-electron chi connectivity index (χ3n) is 4.01. The van der Waals surface area contributed by atoms with Crippen molar-refractivity contribution in [2.45, 2.75) is 18.6 Å². The van der Waals surface area contributed by atoms with Crippen LogP contribution < -0.4 is 5.43 Å². The molecule has 2 aliphatic rings. The second kappa shape index (κ2) is 4.77. The zero-order valence-electron chi connectivity index (χ0n) is 11.1. The Hall–Kier alpha value is -1.56. The molecular weight excluding hydrogens is 267 g/mol. The van der Waals surface area contributed by atoms with Gasteiger partial charge in [0.25, 0.3) is 0 Å². The van der Waals surface area contributed by atoms with Gasteiger partial charge in [-0.3, -0.25) is 0 Å². The van der Waals surface area contributed by atoms with E-state index in [0.29, 0.717) is 5.56 Å². The molecule has 2 heterocycles. The summed E-state index contributed by atoms with van der Waals surface area (Å²) in [6, 6.07) is 5.37. The van der Waals surface area contributed by atoms with Crippen molar-refractivity contribution in [2.24, 2.45) is 11.0 Å². The van der Waals surface area contributed by atoms with Crippen molar-refractivity contribution in [1.82, 2.24) is 10.3 Å². The van der Waals surface area contributed by atoms with E-state index in [-0.39, 0.29) is 12.0 Å². The third kappa shape index (κ3) is 2.40. The average Bonchev–Trinajstić information content (AvgIpc) is 2.81. The first-order valence-electron chi connectivity index (χ1n) is 6.63. The predicted octanol–water partition coefficient (Wildman–Crippen LogP) is 2.66. The fraction of sp³-hybridized carbons (Fsp3) is 0.500. The number of nitrogens with one attached hydrogen (secondary N) is 1. The summed E-state index contributed by atoms with van der Waals surface area (Å²) in [5, 5.41) is 4.30. The molecule has 0 aliphatic carbocycles. The molecule has 2 aliphatic heterocycles. The number of likely N-dealkylation sites (tertiary alicyclic amines) is 1. The number of alkyl halides is 3. The summed E-state index contributed by atoms with van der Waals surface area (Å²) in [4.78, 5) is 2.19. The number of nitrogens with zero attached hydrogens (tertiary/aromatic N) is 2. The monoisotopic (exact) mass is 283 g/mol. The van der Waals surface area contributed by atoms with E-state index < -0.39 is 11.7 Å². The van der Waals surface area contributed by atoms with E-state index >= 15 is 0 Å². The molecule has 6 heteroatoms. The number of rotatable bonds is 1. The Morgan fingerprint density at radius 3 is 2.90 bits per heavy atom. The number of hydrogen-bond acceptors (Lipinski definition) is 3. The minimum absolute atomic E-state index is 0.157. The van der Waals surface area contributed by atoms with Gasteiger partial charge < -0.3 is 10.3 Å². The Labute approximate surface area is 115 Å². The van der Waals surface area contributed by atoms with Gasteiger partial charge >= 0.3 is 6.18 Å². The summed E-state index contributed by atoms with van der Waals surface area (Å²) >= 11 is 0. The number of piperidine rings is 1. The van der Waals surface area contributed by atoms with E-state index in [0.717, 1.165) is 31.3 Å². The smallest absolute Gasteiger partial charge is 0.305 e. The Bertz CT molecular complexity index is 539. The second-order valence-corrected chi connectivity index (χ2v) is 5.45. The summed E-state index contributed by atoms with van der Waals surface area (Å²) in [5.41, 5.74) is 4.13. The highest BCUT2D eigenvalue weighted by Crippen LogP contribution is 2.35. The maximum absolute atomic E-state index is 12.8. The zero-order chi connectivity index (χ0) is 14.3. The molecular formula is C14H16F3N3. The van der Waals surface area contributed by atoms with Crippen molar-refractivity contribution in [1.29, 1.82) is 0 Å². The molecule has 3 rings (SSSR count). The Morgan fingerprint density at radius 1 is 1.35 bits per heavy atom. The van der Waals surface area contributed by atoms with Crippen LogP contribution in [0.3, 0.4) is 0 Å². The number of hydrazone groups is 1. The van der Waals surface area contributed by atoms with Gasteiger partial charge in [0.05, 0.1) is 11.6 Å². The molecule has 0 spiro atoms. The quantitative estimate of drug-likeness (QED) is 0.858. The van der Waals surface area contributed by atoms with Gasteiger partial charge in [-0.2, -0.15) is 18.3 Å². The Balaban J connectivity index is 1.87. The van der Waals surface area contributed by atoms with E-state index in [4.69, 9.17) is 0 Å². The fourth-order valence-electron chi connectivity index (χ4n) is 2.92. The maximum Gasteiger partial charge on any atom is 0.416 e. The number of benzene rings is 1. The molecule has 20 heavy (non-hydrogen) atoms. The molecule has 0 amide bonds. The lowest BCUT2D eigenvalue weighted by Crippen LogP contribution is -2.39. The van der Waals surface area contributed by atoms with Crippen LogP contribution in [0.25, 0.3) is 0 Å². The molecule has 0 radical (unpaired) electrons. The van der Waals surface area contributed by atoms with E-state index in [1.54, 1.807) is 6.07 Å². The van der Waals surface area contributed by atoms with Crippen LogP contribution in [0, 0.1) is 5.92 Å². The van der Waals surface area contributed by atoms with E-state index in [9.17, 15) is 13.2 Å². The van der Waals surface area contributed by atoms with Gasteiger partial charge in [0.1, 0.15) is 0 Å². The van der Waals surface area contributed by atoms with Crippen molar-refractivity contribution < 1.29 is 13.2 Å². The lowest BCUT2D eigenvalue weighted by Gasteiger charge is -2.31. The number of hydrogen-bond donors (Lipinski definition) is 1. The van der Waals surface area contributed by atoms with Crippen molar-refractivity contribution >= 4 is 5.71 Å². The SMILES string of the molecule is CN1CCC2=NNC(c3cccc(C(F)(F)F)c3)C2C1. The largest absolute Gasteiger partial charge is 0.416 e. The van der Waals surface area contributed by atoms with Crippen LogP contribution in [0.4, 0.5) is 13.2 Å². The normalized spacial score (nSPS) is 26.9. The Morgan fingerprint density at radius 2 is 2.15 bits per heavy atom. The molecule has 1 aromatic carbocycles. The highest BCUT2D eigenvalue weighted by Gasteiger charge is 2.37. The van der Waals surface area contributed by atoms with Crippen LogP contribution in [0.2, 0.25) is 0 Å². The van der Waals surface area contributed by atoms with Crippen molar-refractivity contribution in [3.8, 4) is 0 Å². The van der Waals surface area contributed by atoms with E-state index in [2.05, 4.69) is 15.4 Å². The summed E-state index contributed by atoms with van der Waals surface area (Å²) in [5.74, 6) is 0.164. The second-order valence-electron chi connectivity index (χ2n) is 5.45. The number of fused-ring (bicyclic) bond motifs is 1. The maximum atomic E-state index is 12.8. The van der Waals surface area contributed by atoms with Gasteiger partial charge in [-0.15, -0.1) is 0 Å². The van der Waals surface area contributed by atoms with Crippen LogP contribution in [0.5, 0.6) is 0 Å². The van der Waals surface area contributed by atoms with Crippen molar-refractivity contribution in [3.63, 3.8) is 0 Å². The van der Waals surface area contributed by atoms with Crippen LogP contribution in [0.15, 0.2) is 29.4 Å². The van der Waals surface area contributed by atoms with E-state index in [1.165, 1.54) is 12.1 Å². The lowest BCUT2D eigenvalue weighted by molar-refractivity contribution is -0.137. The van der Waals surface area contributed by atoms with Gasteiger partial charge in [0, 0.05) is 31.1 Å². The lowest BCUT2D eigenvalue weighted by atomic mass is 9.86. The third-order valence-corrected chi connectivity index (χ3v) is 4.01. The molecule has 0 saturated carbocycles. The van der Waals surface area contributed by atoms with Crippen LogP contribution >= 0.6 is 0 Å². The molecule has 0 bridgehead atoms. The fourth-order valence-corrected chi connectivity index (χ4v) is 2.92. The summed E-state index contributed by atoms with van der Waals surface area (Å²) in [6.45, 7) is 1.78. The predicted molar refractivity (Wildman–Crippen MR) is 70.4 cm³/mol. The van der Waals surface area contributed by atoms with Crippen LogP contribution in [0.1, 0.15) is 23.6 Å². The molecule has 3 nitrogen and oxygen atoms in total. The molecule has 2 atom stereocenters. The van der Waals surface area contributed by atoms with Gasteiger partial charge in [0.2, 0.25) is 0 Å². The van der Waals surface area contributed by atoms with Gasteiger partial charge in [-0.05, 0) is 24.7 Å². The van der Waals surface area contributed by atoms with Crippen molar-refractivity contribution in [2.75, 3.05) is 20.1 Å². The van der Waals surface area contributed by atoms with Gasteiger partial charge in [-0.1, -0.05) is 12.1 Å². The molecule has 108 valence electrons. The molecule has 0 aromatic heterocycles. The van der Waals surface area contributed by atoms with Gasteiger partial charge in [0.15, 0.2) is 0 Å². The van der Waals surface area contributed by atoms with Crippen molar-refractivity contribution in [3.05, 3.63) is 35.4 Å². The summed E-state index contributed by atoms with van der Waals surface area (Å²) in [7, 11) is 2.03. The molecule has 1 N–H and O–H groups in total. The standard InChI is InChI=1S/C14H16F3N3/c1-20-6-5-12-11(8-20)13(19-18-12)9-3-2-4-10(7-9)14(15,16)17/h2-4,7,11,13,19H,5-6,8H2,1H3. The minimum atomic E-state index is -4.30. The van der Waals surface area contributed by atoms with Gasteiger partial charge in [-0.25, -0.2) is 0 Å². The summed E-state index contributed by atoms with van der Waals surface area (Å²) < 4.78 is 38.4. The number of halogens is 3. The highest BCUT2D eigenvalue weighted by atomic mass is 19.4. The van der Waals surface area contributed by atoms with Crippen LogP contribution in [-0.4, -0.2) is 30.7 Å². The highest BCUT2D eigenvalue weighted by molar-refractivity contribution is 5.89. The molecule has 1 fully saturated rings. The van der Waals surface area contributed by atoms with Crippen LogP contribution in [-0.2, 0) is 6.18 Å². The average molecular weight is 283 g/mol. The molecule has 1 aromatic rings. The molecule has 2 unspecified atom stereocenters. The first-order valence-corrected chi connectivity index (χ1v) is 6.63. The Kier molecular flexibility index (Phi) is 3.20. The first kappa shape index (κ1) is 13.4. The minimum Gasteiger partial charge on any atom is -0.305 e.